The quantitative estimate of drug-likeness (QED) is 0.241. The number of ether oxygens (including phenoxy) is 3. The molecule has 2 heterocycles. The molecule has 0 unspecified atom stereocenters. The van der Waals surface area contributed by atoms with E-state index in [-0.39, 0.29) is 12.5 Å². The van der Waals surface area contributed by atoms with Gasteiger partial charge in [-0.05, 0) is 83.3 Å². The number of anilines is 4. The molecule has 0 radical (unpaired) electrons. The van der Waals surface area contributed by atoms with Crippen molar-refractivity contribution in [2.45, 2.75) is 12.8 Å². The van der Waals surface area contributed by atoms with E-state index in [0.717, 1.165) is 77.1 Å². The highest BCUT2D eigenvalue weighted by molar-refractivity contribution is 6.12. The highest BCUT2D eigenvalue weighted by Gasteiger charge is 2.20. The molecule has 0 atom stereocenters. The summed E-state index contributed by atoms with van der Waals surface area (Å²) in [7, 11) is 1.63. The van der Waals surface area contributed by atoms with Gasteiger partial charge in [-0.25, -0.2) is 0 Å². The van der Waals surface area contributed by atoms with Gasteiger partial charge in [0.2, 0.25) is 0 Å². The van der Waals surface area contributed by atoms with Gasteiger partial charge in [0.05, 0.1) is 49.6 Å². The molecule has 4 aromatic carbocycles. The van der Waals surface area contributed by atoms with Gasteiger partial charge in [-0.1, -0.05) is 24.3 Å². The molecule has 42 heavy (non-hydrogen) atoms. The second-order valence-corrected chi connectivity index (χ2v) is 10.4. The molecule has 0 aromatic heterocycles. The number of nitrogens with zero attached hydrogens (tertiary/aromatic N) is 1. The fraction of sp³-hybridized carbons (Fsp3) is 0.265. The minimum absolute atomic E-state index is 0.0608. The first-order valence-electron chi connectivity index (χ1n) is 14.3. The number of carbonyl (C=O) groups is 1. The molecular formula is C34H35N3O5. The van der Waals surface area contributed by atoms with Gasteiger partial charge in [0.1, 0.15) is 11.5 Å². The monoisotopic (exact) mass is 565 g/mol. The first-order valence-corrected chi connectivity index (χ1v) is 14.3. The van der Waals surface area contributed by atoms with Crippen molar-refractivity contribution in [3.05, 3.63) is 95.6 Å². The van der Waals surface area contributed by atoms with Gasteiger partial charge in [-0.3, -0.25) is 4.79 Å². The Bertz CT molecular complexity index is 1560. The number of carbonyl (C=O) groups excluding carboxylic acids is 1. The van der Waals surface area contributed by atoms with Crippen LogP contribution in [0.15, 0.2) is 78.9 Å². The summed E-state index contributed by atoms with van der Waals surface area (Å²) >= 11 is 0. The van der Waals surface area contributed by atoms with Crippen molar-refractivity contribution >= 4 is 28.7 Å². The van der Waals surface area contributed by atoms with Crippen LogP contribution in [-0.4, -0.2) is 57.6 Å². The largest absolute Gasteiger partial charge is 0.496 e. The van der Waals surface area contributed by atoms with E-state index in [2.05, 4.69) is 33.7 Å². The lowest BCUT2D eigenvalue weighted by Crippen LogP contribution is -2.36. The van der Waals surface area contributed by atoms with Crippen LogP contribution >= 0.6 is 0 Å². The minimum Gasteiger partial charge on any atom is -0.496 e. The number of hydrogen-bond donors (Lipinski definition) is 3. The molecule has 3 N–H and O–H groups in total. The van der Waals surface area contributed by atoms with Crippen molar-refractivity contribution in [2.24, 2.45) is 0 Å². The number of fused-ring (bicyclic) bond motifs is 2. The molecule has 1 saturated heterocycles. The highest BCUT2D eigenvalue weighted by Crippen LogP contribution is 2.36. The second kappa shape index (κ2) is 12.5. The predicted octanol–water partition coefficient (Wildman–Crippen LogP) is 5.66. The van der Waals surface area contributed by atoms with Crippen molar-refractivity contribution in [3.63, 3.8) is 0 Å². The van der Waals surface area contributed by atoms with E-state index in [1.165, 1.54) is 5.69 Å². The molecule has 2 aliphatic heterocycles. The van der Waals surface area contributed by atoms with Gasteiger partial charge in [-0.2, -0.15) is 0 Å². The van der Waals surface area contributed by atoms with E-state index in [1.54, 1.807) is 7.11 Å². The van der Waals surface area contributed by atoms with Crippen LogP contribution in [0.5, 0.6) is 11.5 Å². The van der Waals surface area contributed by atoms with E-state index >= 15 is 0 Å². The van der Waals surface area contributed by atoms with Gasteiger partial charge >= 0.3 is 0 Å². The second-order valence-electron chi connectivity index (χ2n) is 10.4. The third-order valence-electron chi connectivity index (χ3n) is 7.74. The summed E-state index contributed by atoms with van der Waals surface area (Å²) in [6.45, 7) is 3.93. The van der Waals surface area contributed by atoms with Gasteiger partial charge < -0.3 is 34.9 Å². The topological polar surface area (TPSA) is 92.3 Å². The van der Waals surface area contributed by atoms with Crippen molar-refractivity contribution in [3.8, 4) is 22.6 Å². The minimum atomic E-state index is -0.160. The molecule has 216 valence electrons. The molecule has 1 amide bonds. The Kier molecular flexibility index (Phi) is 8.26. The molecule has 6 rings (SSSR count). The maximum Gasteiger partial charge on any atom is 0.257 e. The zero-order valence-corrected chi connectivity index (χ0v) is 23.7. The molecule has 4 aromatic rings. The van der Waals surface area contributed by atoms with E-state index in [0.29, 0.717) is 25.0 Å². The smallest absolute Gasteiger partial charge is 0.257 e. The van der Waals surface area contributed by atoms with Gasteiger partial charge in [0, 0.05) is 31.8 Å². The van der Waals surface area contributed by atoms with Crippen LogP contribution in [0.25, 0.3) is 11.1 Å². The van der Waals surface area contributed by atoms with Crippen molar-refractivity contribution in [2.75, 3.05) is 62.2 Å². The summed E-state index contributed by atoms with van der Waals surface area (Å²) in [4.78, 5) is 15.5. The lowest BCUT2D eigenvalue weighted by atomic mass is 9.99. The van der Waals surface area contributed by atoms with Crippen molar-refractivity contribution in [1.29, 1.82) is 0 Å². The number of methoxy groups -OCH3 is 1. The number of aliphatic hydroxyl groups is 1. The average Bonchev–Trinajstić information content (AvgIpc) is 3.17. The first-order chi connectivity index (χ1) is 20.6. The van der Waals surface area contributed by atoms with Crippen molar-refractivity contribution in [1.82, 2.24) is 0 Å². The molecule has 8 heteroatoms. The van der Waals surface area contributed by atoms with Gasteiger partial charge in [-0.15, -0.1) is 0 Å². The molecule has 1 fully saturated rings. The fourth-order valence-electron chi connectivity index (χ4n) is 5.43. The number of hydrogen-bond acceptors (Lipinski definition) is 7. The van der Waals surface area contributed by atoms with Crippen LogP contribution in [0.3, 0.4) is 0 Å². The first kappa shape index (κ1) is 27.6. The van der Waals surface area contributed by atoms with E-state index < -0.39 is 0 Å². The number of aliphatic hydroxyl groups excluding tert-OH is 1. The zero-order chi connectivity index (χ0) is 28.9. The Balaban J connectivity index is 1.13. The van der Waals surface area contributed by atoms with Crippen LogP contribution in [0.2, 0.25) is 0 Å². The molecule has 0 aliphatic carbocycles. The average molecular weight is 566 g/mol. The predicted molar refractivity (Wildman–Crippen MR) is 166 cm³/mol. The summed E-state index contributed by atoms with van der Waals surface area (Å²) < 4.78 is 17.0. The van der Waals surface area contributed by atoms with Crippen LogP contribution in [0.4, 0.5) is 22.7 Å². The van der Waals surface area contributed by atoms with Crippen molar-refractivity contribution < 1.29 is 24.1 Å². The summed E-state index contributed by atoms with van der Waals surface area (Å²) in [6.07, 6.45) is 1.24. The standard InChI is InChI=1S/C34H35N3O5/c1-40-33-22-26(4-3-24(33)12-16-38)25-5-10-29-31(21-25)35-30-11-2-23(20-32(30)36-34(29)39)13-17-42-28-8-6-27(7-9-28)37-14-18-41-19-15-37/h2-11,20-22,35,38H,12-19H2,1H3,(H,36,39). The Labute approximate surface area is 245 Å². The number of benzene rings is 4. The lowest BCUT2D eigenvalue weighted by molar-refractivity contribution is 0.102. The molecule has 8 nitrogen and oxygen atoms in total. The Morgan fingerprint density at radius 2 is 1.62 bits per heavy atom. The molecule has 2 aliphatic rings. The third kappa shape index (κ3) is 6.05. The Morgan fingerprint density at radius 3 is 2.40 bits per heavy atom. The van der Waals surface area contributed by atoms with Gasteiger partial charge in [0.15, 0.2) is 0 Å². The third-order valence-corrected chi connectivity index (χ3v) is 7.74. The van der Waals surface area contributed by atoms with E-state index in [4.69, 9.17) is 14.2 Å². The summed E-state index contributed by atoms with van der Waals surface area (Å²) in [5.74, 6) is 1.41. The Morgan fingerprint density at radius 1 is 0.833 bits per heavy atom. The molecule has 0 spiro atoms. The molecule has 0 bridgehead atoms. The van der Waals surface area contributed by atoms with Crippen LogP contribution in [0, 0.1) is 0 Å². The number of nitrogens with one attached hydrogen (secondary N) is 2. The summed E-state index contributed by atoms with van der Waals surface area (Å²) in [5, 5.41) is 15.8. The lowest BCUT2D eigenvalue weighted by Gasteiger charge is -2.28. The number of morpholine rings is 1. The SMILES string of the molecule is COc1cc(-c2ccc3c(c2)Nc2ccc(CCOc4ccc(N5CCOCC5)cc4)cc2NC3=O)ccc1CCO. The van der Waals surface area contributed by atoms with Gasteiger partial charge in [0.25, 0.3) is 5.91 Å². The Hall–Kier alpha value is -4.53. The fourth-order valence-corrected chi connectivity index (χ4v) is 5.43. The number of amides is 1. The maximum absolute atomic E-state index is 13.2. The highest BCUT2D eigenvalue weighted by atomic mass is 16.5. The number of rotatable bonds is 9. The van der Waals surface area contributed by atoms with Crippen LogP contribution < -0.4 is 25.0 Å². The normalized spacial score (nSPS) is 14.2. The summed E-state index contributed by atoms with van der Waals surface area (Å²) in [5.41, 5.74) is 8.01. The van der Waals surface area contributed by atoms with Crippen LogP contribution in [-0.2, 0) is 17.6 Å². The van der Waals surface area contributed by atoms with E-state index in [1.807, 2.05) is 60.7 Å². The molecular weight excluding hydrogens is 530 g/mol. The maximum atomic E-state index is 13.2. The van der Waals surface area contributed by atoms with E-state index in [9.17, 15) is 9.90 Å². The summed E-state index contributed by atoms with van der Waals surface area (Å²) in [6, 6.07) is 26.0. The zero-order valence-electron chi connectivity index (χ0n) is 23.7. The molecule has 0 saturated carbocycles. The van der Waals surface area contributed by atoms with Crippen LogP contribution in [0.1, 0.15) is 21.5 Å².